The maximum atomic E-state index is 15.4. The largest absolute Gasteiger partial charge is 0.486 e. The Bertz CT molecular complexity index is 1030. The van der Waals surface area contributed by atoms with E-state index in [4.69, 9.17) is 10.5 Å². The molecular formula is C23H21F4N2O+. The highest BCUT2D eigenvalue weighted by molar-refractivity contribution is 5.66. The van der Waals surface area contributed by atoms with Crippen molar-refractivity contribution in [3.63, 3.8) is 0 Å². The zero-order chi connectivity index (χ0) is 21.3. The van der Waals surface area contributed by atoms with Gasteiger partial charge in [0.2, 0.25) is 0 Å². The molecule has 3 N–H and O–H groups in total. The number of pyridine rings is 1. The number of hydrogen-bond donors (Lipinski definition) is 1. The van der Waals surface area contributed by atoms with Gasteiger partial charge in [-0.05, 0) is 42.5 Å². The van der Waals surface area contributed by atoms with E-state index in [9.17, 15) is 13.2 Å². The topological polar surface area (TPSA) is 49.4 Å². The Morgan fingerprint density at radius 3 is 2.30 bits per heavy atom. The molecule has 3 aromatic rings. The molecule has 4 rings (SSSR count). The lowest BCUT2D eigenvalue weighted by Gasteiger charge is -2.28. The number of aromatic nitrogens is 1. The third-order valence-corrected chi connectivity index (χ3v) is 5.48. The average molecular weight is 417 g/mol. The number of nitrogens with two attached hydrogens (primary N) is 1. The average Bonchev–Trinajstić information content (AvgIpc) is 2.67. The van der Waals surface area contributed by atoms with Crippen molar-refractivity contribution < 1.29 is 27.3 Å². The Morgan fingerprint density at radius 1 is 1.00 bits per heavy atom. The lowest BCUT2D eigenvalue weighted by Crippen LogP contribution is -2.13. The Kier molecular flexibility index (Phi) is 5.37. The summed E-state index contributed by atoms with van der Waals surface area (Å²) in [4.78, 5) is 2.86. The highest BCUT2D eigenvalue weighted by atomic mass is 19.4. The number of ether oxygens (including phenoxy) is 1. The standard InChI is InChI=1S/C23H20F4N2O/c24-21-18(16-6-11-20(28)29-12-16)9-10-19(15-2-1-3-15)22(21)30-13-14-4-7-17(8-5-14)23(25,26)27/h4-12,15H,1-3,13H2,(H2,28,29)/p+1. The molecule has 0 spiro atoms. The second-order valence-electron chi connectivity index (χ2n) is 7.49. The number of nitrogen functional groups attached to an aromatic ring is 1. The molecule has 2 aromatic carbocycles. The van der Waals surface area contributed by atoms with Crippen molar-refractivity contribution in [2.24, 2.45) is 0 Å². The van der Waals surface area contributed by atoms with Gasteiger partial charge in [-0.25, -0.2) is 9.37 Å². The van der Waals surface area contributed by atoms with Crippen LogP contribution in [0.4, 0.5) is 23.4 Å². The summed E-state index contributed by atoms with van der Waals surface area (Å²) in [6, 6.07) is 11.7. The lowest BCUT2D eigenvalue weighted by molar-refractivity contribution is -0.359. The van der Waals surface area contributed by atoms with Gasteiger partial charge in [0.05, 0.1) is 11.8 Å². The lowest BCUT2D eigenvalue weighted by atomic mass is 9.79. The molecule has 30 heavy (non-hydrogen) atoms. The Hall–Kier alpha value is -3.09. The summed E-state index contributed by atoms with van der Waals surface area (Å²) in [6.07, 6.45) is 0.235. The Balaban J connectivity index is 1.63. The molecule has 0 saturated heterocycles. The first kappa shape index (κ1) is 20.2. The van der Waals surface area contributed by atoms with Gasteiger partial charge in [0.15, 0.2) is 11.6 Å². The number of rotatable bonds is 5. The van der Waals surface area contributed by atoms with Crippen LogP contribution < -0.4 is 15.5 Å². The fourth-order valence-electron chi connectivity index (χ4n) is 3.53. The Morgan fingerprint density at radius 2 is 1.73 bits per heavy atom. The van der Waals surface area contributed by atoms with Crippen molar-refractivity contribution >= 4 is 5.82 Å². The van der Waals surface area contributed by atoms with Crippen LogP contribution in [-0.4, -0.2) is 0 Å². The van der Waals surface area contributed by atoms with Gasteiger partial charge in [-0.2, -0.15) is 13.2 Å². The van der Waals surface area contributed by atoms with E-state index in [0.717, 1.165) is 37.0 Å². The zero-order valence-corrected chi connectivity index (χ0v) is 16.1. The van der Waals surface area contributed by atoms with Crippen LogP contribution in [0.25, 0.3) is 11.1 Å². The zero-order valence-electron chi connectivity index (χ0n) is 16.1. The first-order chi connectivity index (χ1) is 14.3. The molecule has 0 aliphatic heterocycles. The highest BCUT2D eigenvalue weighted by Gasteiger charge is 2.30. The van der Waals surface area contributed by atoms with Crippen molar-refractivity contribution in [2.45, 2.75) is 38.0 Å². The van der Waals surface area contributed by atoms with E-state index < -0.39 is 17.6 Å². The fourth-order valence-corrected chi connectivity index (χ4v) is 3.53. The molecule has 156 valence electrons. The van der Waals surface area contributed by atoms with Gasteiger partial charge in [0, 0.05) is 22.8 Å². The van der Waals surface area contributed by atoms with Crippen molar-refractivity contribution in [1.82, 2.24) is 0 Å². The molecule has 7 heteroatoms. The van der Waals surface area contributed by atoms with Crippen LogP contribution in [0.3, 0.4) is 0 Å². The molecular weight excluding hydrogens is 396 g/mol. The van der Waals surface area contributed by atoms with Gasteiger partial charge < -0.3 is 4.74 Å². The summed E-state index contributed by atoms with van der Waals surface area (Å²) < 4.78 is 59.5. The number of H-pyrrole nitrogens is 1. The van der Waals surface area contributed by atoms with Crippen molar-refractivity contribution in [3.05, 3.63) is 77.2 Å². The SMILES string of the molecule is Nc1ccc(-c2ccc(C3CCC3)c(OCc3ccc(C(F)(F)F)cc3)c2F)c[nH+]1. The number of nitrogens with one attached hydrogen (secondary N) is 1. The highest BCUT2D eigenvalue weighted by Crippen LogP contribution is 2.44. The molecule has 0 bridgehead atoms. The van der Waals surface area contributed by atoms with Gasteiger partial charge in [0.1, 0.15) is 6.61 Å². The van der Waals surface area contributed by atoms with E-state index in [0.29, 0.717) is 22.5 Å². The molecule has 1 fully saturated rings. The Labute approximate surface area is 171 Å². The molecule has 1 aliphatic rings. The van der Waals surface area contributed by atoms with E-state index in [1.807, 2.05) is 6.07 Å². The van der Waals surface area contributed by atoms with Crippen LogP contribution in [0.5, 0.6) is 5.75 Å². The molecule has 0 atom stereocenters. The summed E-state index contributed by atoms with van der Waals surface area (Å²) in [5.41, 5.74) is 7.27. The van der Waals surface area contributed by atoms with Gasteiger partial charge in [-0.1, -0.05) is 30.7 Å². The van der Waals surface area contributed by atoms with E-state index in [-0.39, 0.29) is 18.3 Å². The van der Waals surface area contributed by atoms with Crippen LogP contribution in [0, 0.1) is 5.82 Å². The van der Waals surface area contributed by atoms with Crippen LogP contribution in [0.15, 0.2) is 54.7 Å². The summed E-state index contributed by atoms with van der Waals surface area (Å²) in [6.45, 7) is -0.0217. The monoisotopic (exact) mass is 417 g/mol. The maximum Gasteiger partial charge on any atom is 0.416 e. The van der Waals surface area contributed by atoms with E-state index in [1.54, 1.807) is 24.4 Å². The van der Waals surface area contributed by atoms with Gasteiger partial charge in [-0.3, -0.25) is 5.73 Å². The quantitative estimate of drug-likeness (QED) is 0.537. The van der Waals surface area contributed by atoms with Crippen molar-refractivity contribution in [1.29, 1.82) is 0 Å². The van der Waals surface area contributed by atoms with Crippen molar-refractivity contribution in [2.75, 3.05) is 5.73 Å². The first-order valence-corrected chi connectivity index (χ1v) is 9.72. The van der Waals surface area contributed by atoms with Crippen LogP contribution in [0.2, 0.25) is 0 Å². The normalized spacial score (nSPS) is 14.4. The summed E-state index contributed by atoms with van der Waals surface area (Å²) >= 11 is 0. The molecule has 3 nitrogen and oxygen atoms in total. The third kappa shape index (κ3) is 4.10. The molecule has 0 radical (unpaired) electrons. The minimum absolute atomic E-state index is 0.0217. The molecule has 0 unspecified atom stereocenters. The number of aromatic amines is 1. The van der Waals surface area contributed by atoms with Gasteiger partial charge in [0.25, 0.3) is 5.82 Å². The summed E-state index contributed by atoms with van der Waals surface area (Å²) in [5.74, 6) is 0.372. The predicted octanol–water partition coefficient (Wildman–Crippen LogP) is 5.75. The number of alkyl halides is 3. The molecule has 0 amide bonds. The van der Waals surface area contributed by atoms with E-state index in [2.05, 4.69) is 4.98 Å². The van der Waals surface area contributed by atoms with Gasteiger partial charge in [-0.15, -0.1) is 0 Å². The van der Waals surface area contributed by atoms with Crippen LogP contribution in [-0.2, 0) is 12.8 Å². The predicted molar refractivity (Wildman–Crippen MR) is 105 cm³/mol. The van der Waals surface area contributed by atoms with E-state index in [1.165, 1.54) is 12.1 Å². The molecule has 1 saturated carbocycles. The maximum absolute atomic E-state index is 15.4. The first-order valence-electron chi connectivity index (χ1n) is 9.72. The number of hydrogen-bond acceptors (Lipinski definition) is 2. The third-order valence-electron chi connectivity index (χ3n) is 5.48. The number of benzene rings is 2. The van der Waals surface area contributed by atoms with Crippen LogP contribution in [0.1, 0.15) is 41.9 Å². The summed E-state index contributed by atoms with van der Waals surface area (Å²) in [7, 11) is 0. The van der Waals surface area contributed by atoms with Gasteiger partial charge >= 0.3 is 6.18 Å². The smallest absolute Gasteiger partial charge is 0.416 e. The van der Waals surface area contributed by atoms with Crippen molar-refractivity contribution in [3.8, 4) is 16.9 Å². The second-order valence-corrected chi connectivity index (χ2v) is 7.49. The minimum Gasteiger partial charge on any atom is -0.486 e. The molecule has 1 heterocycles. The molecule has 1 aromatic heterocycles. The number of anilines is 1. The van der Waals surface area contributed by atoms with E-state index >= 15 is 4.39 Å². The van der Waals surface area contributed by atoms with Crippen LogP contribution >= 0.6 is 0 Å². The fraction of sp³-hybridized carbons (Fsp3) is 0.261. The molecule has 1 aliphatic carbocycles. The minimum atomic E-state index is -4.40. The summed E-state index contributed by atoms with van der Waals surface area (Å²) in [5, 5.41) is 0. The second kappa shape index (κ2) is 7.97. The number of halogens is 4.